The molecule has 0 saturated carbocycles. The molecule has 0 unspecified atom stereocenters. The van der Waals surface area contributed by atoms with Gasteiger partial charge in [-0.1, -0.05) is 48.5 Å². The Hall–Kier alpha value is -4.06. The van der Waals surface area contributed by atoms with Gasteiger partial charge in [0.2, 0.25) is 5.91 Å². The SMILES string of the molecule is COc1cc(NC(=O)Cc2ccccc2)ccc1NC(=O)c1cc2ccccc2o1. The molecular weight excluding hydrogens is 380 g/mol. The second-order valence-corrected chi connectivity index (χ2v) is 6.73. The first-order chi connectivity index (χ1) is 14.6. The predicted octanol–water partition coefficient (Wildman–Crippen LogP) is 4.87. The van der Waals surface area contributed by atoms with Crippen LogP contribution in [-0.2, 0) is 11.2 Å². The molecule has 0 aliphatic rings. The Balaban J connectivity index is 1.46. The van der Waals surface area contributed by atoms with E-state index in [1.807, 2.05) is 48.5 Å². The number of benzene rings is 3. The van der Waals surface area contributed by atoms with Gasteiger partial charge in [-0.3, -0.25) is 9.59 Å². The van der Waals surface area contributed by atoms with Crippen molar-refractivity contribution in [1.82, 2.24) is 0 Å². The van der Waals surface area contributed by atoms with Gasteiger partial charge in [0.25, 0.3) is 5.91 Å². The fraction of sp³-hybridized carbons (Fsp3) is 0.0833. The van der Waals surface area contributed by atoms with E-state index in [1.54, 1.807) is 30.3 Å². The highest BCUT2D eigenvalue weighted by Crippen LogP contribution is 2.29. The highest BCUT2D eigenvalue weighted by Gasteiger charge is 2.15. The molecule has 3 aromatic carbocycles. The Labute approximate surface area is 173 Å². The molecule has 2 amide bonds. The predicted molar refractivity (Wildman–Crippen MR) is 116 cm³/mol. The maximum absolute atomic E-state index is 12.6. The Morgan fingerprint density at radius 2 is 1.67 bits per heavy atom. The lowest BCUT2D eigenvalue weighted by Crippen LogP contribution is -2.15. The van der Waals surface area contributed by atoms with E-state index in [4.69, 9.17) is 9.15 Å². The lowest BCUT2D eigenvalue weighted by Gasteiger charge is -2.12. The molecule has 6 heteroatoms. The zero-order valence-corrected chi connectivity index (χ0v) is 16.3. The van der Waals surface area contributed by atoms with Crippen LogP contribution in [0.2, 0.25) is 0 Å². The van der Waals surface area contributed by atoms with Crippen molar-refractivity contribution in [3.63, 3.8) is 0 Å². The number of carbonyl (C=O) groups excluding carboxylic acids is 2. The molecule has 6 nitrogen and oxygen atoms in total. The molecule has 1 heterocycles. The van der Waals surface area contributed by atoms with Crippen molar-refractivity contribution < 1.29 is 18.7 Å². The zero-order valence-electron chi connectivity index (χ0n) is 16.3. The first-order valence-electron chi connectivity index (χ1n) is 9.44. The van der Waals surface area contributed by atoms with Gasteiger partial charge in [-0.15, -0.1) is 0 Å². The lowest BCUT2D eigenvalue weighted by atomic mass is 10.1. The second-order valence-electron chi connectivity index (χ2n) is 6.73. The van der Waals surface area contributed by atoms with Gasteiger partial charge < -0.3 is 19.8 Å². The number of carbonyl (C=O) groups is 2. The molecule has 4 rings (SSSR count). The number of anilines is 2. The highest BCUT2D eigenvalue weighted by atomic mass is 16.5. The number of rotatable bonds is 6. The largest absolute Gasteiger partial charge is 0.494 e. The molecule has 0 aliphatic heterocycles. The molecule has 0 aliphatic carbocycles. The summed E-state index contributed by atoms with van der Waals surface area (Å²) in [5.74, 6) is 0.114. The Morgan fingerprint density at radius 3 is 2.43 bits per heavy atom. The Kier molecular flexibility index (Phi) is 5.48. The van der Waals surface area contributed by atoms with E-state index >= 15 is 0 Å². The number of ether oxygens (including phenoxy) is 1. The summed E-state index contributed by atoms with van der Waals surface area (Å²) in [4.78, 5) is 24.9. The molecule has 0 saturated heterocycles. The van der Waals surface area contributed by atoms with Crippen LogP contribution >= 0.6 is 0 Å². The van der Waals surface area contributed by atoms with E-state index in [9.17, 15) is 9.59 Å². The van der Waals surface area contributed by atoms with E-state index in [1.165, 1.54) is 7.11 Å². The fourth-order valence-corrected chi connectivity index (χ4v) is 3.14. The first kappa shape index (κ1) is 19.3. The van der Waals surface area contributed by atoms with Crippen molar-refractivity contribution in [2.45, 2.75) is 6.42 Å². The van der Waals surface area contributed by atoms with E-state index in [0.717, 1.165) is 10.9 Å². The summed E-state index contributed by atoms with van der Waals surface area (Å²) in [6.45, 7) is 0. The minimum atomic E-state index is -0.384. The number of nitrogens with one attached hydrogen (secondary N) is 2. The summed E-state index contributed by atoms with van der Waals surface area (Å²) < 4.78 is 11.0. The third-order valence-electron chi connectivity index (χ3n) is 4.59. The van der Waals surface area contributed by atoms with Gasteiger partial charge in [0.05, 0.1) is 19.2 Å². The molecule has 4 aromatic rings. The van der Waals surface area contributed by atoms with Crippen molar-refractivity contribution in [2.24, 2.45) is 0 Å². The number of furan rings is 1. The van der Waals surface area contributed by atoms with Crippen LogP contribution in [0.15, 0.2) is 83.3 Å². The van der Waals surface area contributed by atoms with Crippen LogP contribution in [0.25, 0.3) is 11.0 Å². The lowest BCUT2D eigenvalue weighted by molar-refractivity contribution is -0.115. The van der Waals surface area contributed by atoms with Gasteiger partial charge in [0.1, 0.15) is 11.3 Å². The zero-order chi connectivity index (χ0) is 20.9. The van der Waals surface area contributed by atoms with Crippen molar-refractivity contribution in [3.8, 4) is 5.75 Å². The maximum atomic E-state index is 12.6. The second kappa shape index (κ2) is 8.53. The molecule has 0 radical (unpaired) electrons. The van der Waals surface area contributed by atoms with Crippen molar-refractivity contribution in [1.29, 1.82) is 0 Å². The smallest absolute Gasteiger partial charge is 0.291 e. The summed E-state index contributed by atoms with van der Waals surface area (Å²) in [5.41, 5.74) is 2.63. The van der Waals surface area contributed by atoms with Gasteiger partial charge in [-0.05, 0) is 29.8 Å². The van der Waals surface area contributed by atoms with Crippen LogP contribution in [-0.4, -0.2) is 18.9 Å². The Morgan fingerprint density at radius 1 is 0.900 bits per heavy atom. The number of amides is 2. The van der Waals surface area contributed by atoms with Crippen LogP contribution < -0.4 is 15.4 Å². The van der Waals surface area contributed by atoms with Crippen LogP contribution in [0.5, 0.6) is 5.75 Å². The Bertz CT molecular complexity index is 1170. The van der Waals surface area contributed by atoms with Crippen LogP contribution in [0.4, 0.5) is 11.4 Å². The van der Waals surface area contributed by atoms with Crippen molar-refractivity contribution in [2.75, 3.05) is 17.7 Å². The first-order valence-corrected chi connectivity index (χ1v) is 9.44. The van der Waals surface area contributed by atoms with Crippen LogP contribution in [0.3, 0.4) is 0 Å². The third-order valence-corrected chi connectivity index (χ3v) is 4.59. The molecule has 0 spiro atoms. The number of para-hydroxylation sites is 1. The number of hydrogen-bond acceptors (Lipinski definition) is 4. The molecule has 0 bridgehead atoms. The molecule has 0 fully saturated rings. The average Bonchev–Trinajstić information content (AvgIpc) is 3.20. The van der Waals surface area contributed by atoms with Crippen molar-refractivity contribution in [3.05, 3.63) is 90.2 Å². The molecule has 150 valence electrons. The van der Waals surface area contributed by atoms with Crippen molar-refractivity contribution >= 4 is 34.2 Å². The summed E-state index contributed by atoms with van der Waals surface area (Å²) in [7, 11) is 1.50. The molecule has 1 aromatic heterocycles. The number of fused-ring (bicyclic) bond motifs is 1. The van der Waals surface area contributed by atoms with E-state index in [-0.39, 0.29) is 24.0 Å². The number of hydrogen-bond donors (Lipinski definition) is 2. The molecule has 30 heavy (non-hydrogen) atoms. The van der Waals surface area contributed by atoms with Crippen LogP contribution in [0.1, 0.15) is 16.1 Å². The van der Waals surface area contributed by atoms with Crippen LogP contribution in [0, 0.1) is 0 Å². The maximum Gasteiger partial charge on any atom is 0.291 e. The summed E-state index contributed by atoms with van der Waals surface area (Å²) >= 11 is 0. The molecule has 0 atom stereocenters. The van der Waals surface area contributed by atoms with Gasteiger partial charge in [-0.2, -0.15) is 0 Å². The van der Waals surface area contributed by atoms with Gasteiger partial charge in [0.15, 0.2) is 5.76 Å². The standard InChI is InChI=1S/C24H20N2O4/c1-29-21-15-18(25-23(27)13-16-7-3-2-4-8-16)11-12-19(21)26-24(28)22-14-17-9-5-6-10-20(17)30-22/h2-12,14-15H,13H2,1H3,(H,25,27)(H,26,28). The molecule has 2 N–H and O–H groups in total. The summed E-state index contributed by atoms with van der Waals surface area (Å²) in [5, 5.41) is 6.49. The normalized spacial score (nSPS) is 10.6. The van der Waals surface area contributed by atoms with E-state index < -0.39 is 0 Å². The van der Waals surface area contributed by atoms with Gasteiger partial charge >= 0.3 is 0 Å². The minimum Gasteiger partial charge on any atom is -0.494 e. The topological polar surface area (TPSA) is 80.6 Å². The average molecular weight is 400 g/mol. The minimum absolute atomic E-state index is 0.137. The summed E-state index contributed by atoms with van der Waals surface area (Å²) in [6, 6.07) is 23.6. The van der Waals surface area contributed by atoms with Gasteiger partial charge in [-0.25, -0.2) is 0 Å². The highest BCUT2D eigenvalue weighted by molar-refractivity contribution is 6.05. The molecular formula is C24H20N2O4. The fourth-order valence-electron chi connectivity index (χ4n) is 3.14. The number of methoxy groups -OCH3 is 1. The third kappa shape index (κ3) is 4.33. The van der Waals surface area contributed by atoms with Gasteiger partial charge in [0, 0.05) is 17.1 Å². The van der Waals surface area contributed by atoms with E-state index in [0.29, 0.717) is 22.7 Å². The quantitative estimate of drug-likeness (QED) is 0.484. The monoisotopic (exact) mass is 400 g/mol. The van der Waals surface area contributed by atoms with E-state index in [2.05, 4.69) is 10.6 Å². The summed E-state index contributed by atoms with van der Waals surface area (Å²) in [6.07, 6.45) is 0.272.